The van der Waals surface area contributed by atoms with Crippen LogP contribution in [0.15, 0.2) is 16.7 Å². The number of halogens is 1. The minimum absolute atomic E-state index is 0.0470. The van der Waals surface area contributed by atoms with Crippen molar-refractivity contribution in [3.8, 4) is 0 Å². The highest BCUT2D eigenvalue weighted by Gasteiger charge is 2.43. The minimum atomic E-state index is -1.26. The third kappa shape index (κ3) is 5.54. The van der Waals surface area contributed by atoms with Crippen molar-refractivity contribution in [1.82, 2.24) is 20.3 Å². The average molecular weight is 462 g/mol. The Bertz CT molecular complexity index is 1040. The van der Waals surface area contributed by atoms with Gasteiger partial charge in [-0.25, -0.2) is 13.9 Å². The number of hydrogen-bond donors (Lipinski definition) is 2. The monoisotopic (exact) mass is 461 g/mol. The zero-order chi connectivity index (χ0) is 24.0. The number of nitrogens with zero attached hydrogens (tertiary/aromatic N) is 3. The van der Waals surface area contributed by atoms with E-state index in [0.29, 0.717) is 29.4 Å². The molecule has 4 rings (SSSR count). The van der Waals surface area contributed by atoms with Crippen LogP contribution in [0.5, 0.6) is 0 Å². The van der Waals surface area contributed by atoms with Crippen LogP contribution in [0.25, 0.3) is 0 Å². The fraction of sp³-hybridized carbons (Fsp3) is 0.652. The van der Waals surface area contributed by atoms with Gasteiger partial charge in [-0.3, -0.25) is 4.79 Å². The lowest BCUT2D eigenvalue weighted by Gasteiger charge is -2.22. The molecule has 2 saturated carbocycles. The predicted octanol–water partition coefficient (Wildman–Crippen LogP) is 3.98. The number of ether oxygens (including phenoxy) is 1. The maximum atomic E-state index is 14.7. The van der Waals surface area contributed by atoms with Crippen LogP contribution >= 0.6 is 0 Å². The molecule has 0 unspecified atom stereocenters. The number of rotatable bonds is 6. The number of carbonyl (C=O) groups is 2. The van der Waals surface area contributed by atoms with Crippen molar-refractivity contribution < 1.29 is 23.2 Å². The summed E-state index contributed by atoms with van der Waals surface area (Å²) in [5.74, 6) is 0.522. The molecule has 2 aromatic rings. The molecule has 0 bridgehead atoms. The summed E-state index contributed by atoms with van der Waals surface area (Å²) in [6.07, 6.45) is -0.236. The summed E-state index contributed by atoms with van der Waals surface area (Å²) in [5, 5.41) is 14.2. The van der Waals surface area contributed by atoms with Gasteiger partial charge in [0.05, 0.1) is 23.3 Å². The Kier molecular flexibility index (Phi) is 5.96. The summed E-state index contributed by atoms with van der Waals surface area (Å²) < 4.78 is 26.9. The molecule has 2 heterocycles. The van der Waals surface area contributed by atoms with Crippen molar-refractivity contribution >= 4 is 17.8 Å². The van der Waals surface area contributed by atoms with Crippen LogP contribution in [-0.4, -0.2) is 44.8 Å². The van der Waals surface area contributed by atoms with Crippen LogP contribution in [-0.2, 0) is 21.5 Å². The van der Waals surface area contributed by atoms with Crippen LogP contribution < -0.4 is 10.6 Å². The van der Waals surface area contributed by atoms with E-state index in [-0.39, 0.29) is 30.2 Å². The zero-order valence-corrected chi connectivity index (χ0v) is 19.8. The summed E-state index contributed by atoms with van der Waals surface area (Å²) in [7, 11) is 0. The lowest BCUT2D eigenvalue weighted by Crippen LogP contribution is -2.38. The average Bonchev–Trinajstić information content (AvgIpc) is 3.04. The van der Waals surface area contributed by atoms with Crippen molar-refractivity contribution in [3.05, 3.63) is 29.3 Å². The van der Waals surface area contributed by atoms with Gasteiger partial charge in [-0.15, -0.1) is 0 Å². The van der Waals surface area contributed by atoms with Crippen molar-refractivity contribution in [2.75, 3.05) is 5.32 Å². The molecular weight excluding hydrogens is 429 g/mol. The molecule has 10 heteroatoms. The first kappa shape index (κ1) is 23.3. The van der Waals surface area contributed by atoms with Gasteiger partial charge >= 0.3 is 6.09 Å². The van der Waals surface area contributed by atoms with Crippen molar-refractivity contribution in [3.63, 3.8) is 0 Å². The van der Waals surface area contributed by atoms with Crippen LogP contribution in [0.1, 0.15) is 76.4 Å². The maximum absolute atomic E-state index is 14.7. The van der Waals surface area contributed by atoms with E-state index < -0.39 is 23.9 Å². The molecule has 2 amide bonds. The summed E-state index contributed by atoms with van der Waals surface area (Å²) in [6.45, 7) is 9.65. The normalized spacial score (nSPS) is 23.9. The Morgan fingerprint density at radius 2 is 2.03 bits per heavy atom. The van der Waals surface area contributed by atoms with Crippen molar-refractivity contribution in [2.24, 2.45) is 0 Å². The Morgan fingerprint density at radius 1 is 1.30 bits per heavy atom. The van der Waals surface area contributed by atoms with Gasteiger partial charge in [0.15, 0.2) is 0 Å². The van der Waals surface area contributed by atoms with Gasteiger partial charge in [-0.2, -0.15) is 5.10 Å². The number of aryl methyl sites for hydroxylation is 1. The Morgan fingerprint density at radius 3 is 2.64 bits per heavy atom. The molecular formula is C23H32FN5O4. The Balaban J connectivity index is 1.44. The van der Waals surface area contributed by atoms with E-state index in [4.69, 9.17) is 9.26 Å². The lowest BCUT2D eigenvalue weighted by atomic mass is 10.0. The predicted molar refractivity (Wildman–Crippen MR) is 119 cm³/mol. The summed E-state index contributed by atoms with van der Waals surface area (Å²) >= 11 is 0. The summed E-state index contributed by atoms with van der Waals surface area (Å²) in [6, 6.07) is 3.49. The zero-order valence-electron chi connectivity index (χ0n) is 19.8. The Hall–Kier alpha value is -2.91. The van der Waals surface area contributed by atoms with Crippen LogP contribution in [0, 0.1) is 6.92 Å². The second kappa shape index (κ2) is 8.46. The molecule has 0 aliphatic heterocycles. The lowest BCUT2D eigenvalue weighted by molar-refractivity contribution is -0.115. The van der Waals surface area contributed by atoms with Gasteiger partial charge in [-0.05, 0) is 60.3 Å². The molecule has 0 radical (unpaired) electrons. The second-order valence-electron chi connectivity index (χ2n) is 10.5. The molecule has 2 aliphatic carbocycles. The number of amides is 2. The number of hydrogen-bond acceptors (Lipinski definition) is 6. The molecule has 2 aliphatic rings. The fourth-order valence-electron chi connectivity index (χ4n) is 4.08. The van der Waals surface area contributed by atoms with Crippen LogP contribution in [0.3, 0.4) is 0 Å². The van der Waals surface area contributed by atoms with E-state index >= 15 is 0 Å². The summed E-state index contributed by atoms with van der Waals surface area (Å²) in [5.41, 5.74) is 0.745. The molecule has 33 heavy (non-hydrogen) atoms. The van der Waals surface area contributed by atoms with E-state index in [1.165, 1.54) is 0 Å². The standard InChI is InChI=1S/C23H32FN5O4/c1-13-8-15(33-28-13)11-20(30)25-19-12-17(27-29(19)22(2,3)4)14-9-16(24)18(10-14)32-21(31)26-23(5)6-7-23/h8,12,14,16,18H,6-7,9-11H2,1-5H3,(H,25,30)(H,26,31)/t14-,16-,18-/m0/s1. The second-order valence-corrected chi connectivity index (χ2v) is 10.5. The molecule has 3 atom stereocenters. The number of alkyl carbamates (subject to hydrolysis) is 1. The van der Waals surface area contributed by atoms with Gasteiger partial charge in [-0.1, -0.05) is 5.16 Å². The van der Waals surface area contributed by atoms with Gasteiger partial charge in [0, 0.05) is 23.6 Å². The number of anilines is 1. The first-order chi connectivity index (χ1) is 15.4. The molecule has 2 N–H and O–H groups in total. The van der Waals surface area contributed by atoms with Gasteiger partial charge < -0.3 is 19.9 Å². The van der Waals surface area contributed by atoms with Crippen molar-refractivity contribution in [1.29, 1.82) is 0 Å². The third-order valence-electron chi connectivity index (χ3n) is 6.15. The fourth-order valence-corrected chi connectivity index (χ4v) is 4.08. The molecule has 2 aromatic heterocycles. The number of alkyl halides is 1. The van der Waals surface area contributed by atoms with Crippen molar-refractivity contribution in [2.45, 2.75) is 96.0 Å². The number of aromatic nitrogens is 3. The van der Waals surface area contributed by atoms with Crippen LogP contribution in [0.4, 0.5) is 15.0 Å². The van der Waals surface area contributed by atoms with E-state index in [9.17, 15) is 14.0 Å². The molecule has 9 nitrogen and oxygen atoms in total. The van der Waals surface area contributed by atoms with E-state index in [1.54, 1.807) is 23.7 Å². The van der Waals surface area contributed by atoms with Gasteiger partial charge in [0.1, 0.15) is 23.9 Å². The van der Waals surface area contributed by atoms with Gasteiger partial charge in [0.25, 0.3) is 0 Å². The quantitative estimate of drug-likeness (QED) is 0.673. The highest BCUT2D eigenvalue weighted by atomic mass is 19.1. The SMILES string of the molecule is Cc1cc(CC(=O)Nc2cc([C@@H]3C[C@H](OC(=O)NC4(C)CC4)[C@@H](F)C3)nn2C(C)(C)C)on1. The highest BCUT2D eigenvalue weighted by Crippen LogP contribution is 2.40. The highest BCUT2D eigenvalue weighted by molar-refractivity contribution is 5.91. The molecule has 0 spiro atoms. The van der Waals surface area contributed by atoms with Gasteiger partial charge in [0.2, 0.25) is 5.91 Å². The largest absolute Gasteiger partial charge is 0.443 e. The van der Waals surface area contributed by atoms with E-state index in [0.717, 1.165) is 12.8 Å². The maximum Gasteiger partial charge on any atom is 0.407 e. The smallest absolute Gasteiger partial charge is 0.407 e. The first-order valence-electron chi connectivity index (χ1n) is 11.4. The van der Waals surface area contributed by atoms with E-state index in [2.05, 4.69) is 20.9 Å². The third-order valence-corrected chi connectivity index (χ3v) is 6.15. The topological polar surface area (TPSA) is 111 Å². The molecule has 2 fully saturated rings. The first-order valence-corrected chi connectivity index (χ1v) is 11.4. The molecule has 0 saturated heterocycles. The number of nitrogens with one attached hydrogen (secondary N) is 2. The Labute approximate surface area is 192 Å². The number of carbonyl (C=O) groups excluding carboxylic acids is 2. The van der Waals surface area contributed by atoms with Crippen LogP contribution in [0.2, 0.25) is 0 Å². The van der Waals surface area contributed by atoms with E-state index in [1.807, 2.05) is 27.7 Å². The summed E-state index contributed by atoms with van der Waals surface area (Å²) in [4.78, 5) is 24.7. The molecule has 180 valence electrons. The molecule has 0 aromatic carbocycles. The minimum Gasteiger partial charge on any atom is -0.443 e.